The molecule has 0 saturated carbocycles. The number of ether oxygens (including phenoxy) is 2. The van der Waals surface area contributed by atoms with Gasteiger partial charge in [-0.05, 0) is 37.8 Å². The Morgan fingerprint density at radius 1 is 0.588 bits per heavy atom. The molecule has 0 unspecified atom stereocenters. The van der Waals surface area contributed by atoms with Crippen molar-refractivity contribution in [1.82, 2.24) is 0 Å². The summed E-state index contributed by atoms with van der Waals surface area (Å²) in [5.74, 6) is -1.01. The van der Waals surface area contributed by atoms with Gasteiger partial charge in [-0.25, -0.2) is 9.59 Å². The molecule has 1 aromatic rings. The number of hydrogen-bond acceptors (Lipinski definition) is 4. The number of benzene rings is 1. The van der Waals surface area contributed by atoms with E-state index in [0.717, 1.165) is 25.7 Å². The lowest BCUT2D eigenvalue weighted by molar-refractivity contribution is 0.0502. The minimum Gasteiger partial charge on any atom is -0.458 e. The first-order valence-corrected chi connectivity index (χ1v) is 13.4. The average Bonchev–Trinajstić information content (AvgIpc) is 2.86. The minimum absolute atomic E-state index is 0.208. The zero-order valence-corrected chi connectivity index (χ0v) is 21.6. The van der Waals surface area contributed by atoms with Crippen LogP contribution < -0.4 is 0 Å². The molecule has 0 spiro atoms. The van der Waals surface area contributed by atoms with Crippen molar-refractivity contribution in [3.8, 4) is 0 Å². The number of carbonyl (C=O) groups is 2. The molecular weight excluding hydrogens is 424 g/mol. The van der Waals surface area contributed by atoms with Crippen molar-refractivity contribution >= 4 is 11.9 Å². The van der Waals surface area contributed by atoms with Crippen LogP contribution in [-0.2, 0) is 9.47 Å². The Hall–Kier alpha value is -2.36. The molecule has 0 aromatic heterocycles. The fourth-order valence-electron chi connectivity index (χ4n) is 3.70. The summed E-state index contributed by atoms with van der Waals surface area (Å²) in [6.07, 6.45) is 25.1. The van der Waals surface area contributed by atoms with Gasteiger partial charge in [-0.2, -0.15) is 0 Å². The molecule has 0 aliphatic rings. The van der Waals surface area contributed by atoms with Gasteiger partial charge in [-0.1, -0.05) is 114 Å². The predicted molar refractivity (Wildman–Crippen MR) is 141 cm³/mol. The van der Waals surface area contributed by atoms with E-state index in [2.05, 4.69) is 26.0 Å². The second-order valence-electron chi connectivity index (χ2n) is 8.80. The maximum atomic E-state index is 12.5. The first kappa shape index (κ1) is 29.7. The summed E-state index contributed by atoms with van der Waals surface area (Å²) in [6, 6.07) is 6.66. The molecule has 0 atom stereocenters. The number of hydrogen-bond donors (Lipinski definition) is 0. The molecule has 0 bridgehead atoms. The smallest absolute Gasteiger partial charge is 0.339 e. The van der Waals surface area contributed by atoms with E-state index < -0.39 is 11.9 Å². The zero-order valence-electron chi connectivity index (χ0n) is 21.6. The molecule has 1 aromatic carbocycles. The van der Waals surface area contributed by atoms with E-state index in [1.54, 1.807) is 24.3 Å². The van der Waals surface area contributed by atoms with Gasteiger partial charge in [-0.15, -0.1) is 0 Å². The van der Waals surface area contributed by atoms with Gasteiger partial charge in [0.05, 0.1) is 11.1 Å². The molecule has 0 saturated heterocycles. The highest BCUT2D eigenvalue weighted by Gasteiger charge is 2.18. The SMILES string of the molecule is CCCCCCCCC=CCOC(=O)c1ccccc1C(=O)OCC=CCCCCCCCC. The monoisotopic (exact) mass is 470 g/mol. The Morgan fingerprint density at radius 2 is 0.971 bits per heavy atom. The summed E-state index contributed by atoms with van der Waals surface area (Å²) in [5, 5.41) is 0. The fourth-order valence-corrected chi connectivity index (χ4v) is 3.70. The molecule has 0 aliphatic carbocycles. The fraction of sp³-hybridized carbons (Fsp3) is 0.600. The maximum Gasteiger partial charge on any atom is 0.339 e. The van der Waals surface area contributed by atoms with E-state index in [0.29, 0.717) is 0 Å². The van der Waals surface area contributed by atoms with Crippen LogP contribution >= 0.6 is 0 Å². The lowest BCUT2D eigenvalue weighted by atomic mass is 10.1. The van der Waals surface area contributed by atoms with Crippen molar-refractivity contribution in [2.45, 2.75) is 104 Å². The van der Waals surface area contributed by atoms with Crippen molar-refractivity contribution < 1.29 is 19.1 Å². The molecule has 0 amide bonds. The van der Waals surface area contributed by atoms with E-state index >= 15 is 0 Å². The molecule has 0 fully saturated rings. The number of allylic oxidation sites excluding steroid dienone is 2. The third-order valence-electron chi connectivity index (χ3n) is 5.77. The molecule has 34 heavy (non-hydrogen) atoms. The lowest BCUT2D eigenvalue weighted by Crippen LogP contribution is -2.14. The van der Waals surface area contributed by atoms with Crippen LogP contribution in [0.1, 0.15) is 124 Å². The van der Waals surface area contributed by atoms with Crippen LogP contribution in [-0.4, -0.2) is 25.2 Å². The quantitative estimate of drug-likeness (QED) is 0.109. The van der Waals surface area contributed by atoms with E-state index in [-0.39, 0.29) is 24.3 Å². The van der Waals surface area contributed by atoms with Crippen molar-refractivity contribution in [2.75, 3.05) is 13.2 Å². The molecule has 4 nitrogen and oxygen atoms in total. The summed E-state index contributed by atoms with van der Waals surface area (Å²) in [4.78, 5) is 24.9. The minimum atomic E-state index is -0.504. The van der Waals surface area contributed by atoms with E-state index in [4.69, 9.17) is 9.47 Å². The van der Waals surface area contributed by atoms with Crippen LogP contribution in [0.3, 0.4) is 0 Å². The number of rotatable bonds is 20. The zero-order chi connectivity index (χ0) is 24.7. The number of carbonyl (C=O) groups excluding carboxylic acids is 2. The number of esters is 2. The molecule has 0 radical (unpaired) electrons. The van der Waals surface area contributed by atoms with Gasteiger partial charge >= 0.3 is 11.9 Å². The van der Waals surface area contributed by atoms with Crippen molar-refractivity contribution in [3.63, 3.8) is 0 Å². The van der Waals surface area contributed by atoms with E-state index in [9.17, 15) is 9.59 Å². The van der Waals surface area contributed by atoms with Gasteiger partial charge < -0.3 is 9.47 Å². The van der Waals surface area contributed by atoms with Gasteiger partial charge in [-0.3, -0.25) is 0 Å². The van der Waals surface area contributed by atoms with Crippen molar-refractivity contribution in [1.29, 1.82) is 0 Å². The normalized spacial score (nSPS) is 11.4. The Balaban J connectivity index is 2.30. The summed E-state index contributed by atoms with van der Waals surface area (Å²) in [5.41, 5.74) is 0.487. The van der Waals surface area contributed by atoms with Crippen molar-refractivity contribution in [2.24, 2.45) is 0 Å². The van der Waals surface area contributed by atoms with Crippen LogP contribution in [0.25, 0.3) is 0 Å². The van der Waals surface area contributed by atoms with Gasteiger partial charge in [0.1, 0.15) is 13.2 Å². The first-order chi connectivity index (χ1) is 16.7. The van der Waals surface area contributed by atoms with Crippen LogP contribution in [0.4, 0.5) is 0 Å². The first-order valence-electron chi connectivity index (χ1n) is 13.4. The van der Waals surface area contributed by atoms with Gasteiger partial charge in [0, 0.05) is 0 Å². The lowest BCUT2D eigenvalue weighted by Gasteiger charge is -2.08. The van der Waals surface area contributed by atoms with Crippen molar-refractivity contribution in [3.05, 3.63) is 59.7 Å². The summed E-state index contributed by atoms with van der Waals surface area (Å²) >= 11 is 0. The summed E-state index contributed by atoms with van der Waals surface area (Å²) in [7, 11) is 0. The standard InChI is InChI=1S/C30H46O4/c1-3-5-7-9-11-13-15-17-21-25-33-29(31)27-23-19-20-24-28(27)30(32)34-26-22-18-16-14-12-10-8-6-4-2/h17-24H,3-16,25-26H2,1-2H3. The van der Waals surface area contributed by atoms with Gasteiger partial charge in [0.2, 0.25) is 0 Å². The highest BCUT2D eigenvalue weighted by Crippen LogP contribution is 2.13. The highest BCUT2D eigenvalue weighted by molar-refractivity contribution is 6.03. The highest BCUT2D eigenvalue weighted by atomic mass is 16.5. The van der Waals surface area contributed by atoms with Gasteiger partial charge in [0.25, 0.3) is 0 Å². The van der Waals surface area contributed by atoms with Crippen LogP contribution in [0, 0.1) is 0 Å². The third-order valence-corrected chi connectivity index (χ3v) is 5.77. The molecule has 190 valence electrons. The largest absolute Gasteiger partial charge is 0.458 e. The van der Waals surface area contributed by atoms with Crippen LogP contribution in [0.15, 0.2) is 48.6 Å². The Kier molecular flexibility index (Phi) is 18.5. The number of unbranched alkanes of at least 4 members (excludes halogenated alkanes) is 12. The molecule has 0 heterocycles. The van der Waals surface area contributed by atoms with E-state index in [1.165, 1.54) is 64.2 Å². The molecular formula is C30H46O4. The average molecular weight is 471 g/mol. The second-order valence-corrected chi connectivity index (χ2v) is 8.80. The van der Waals surface area contributed by atoms with Crippen LogP contribution in [0.5, 0.6) is 0 Å². The third kappa shape index (κ3) is 14.7. The Labute approximate surface area is 207 Å². The Morgan fingerprint density at radius 3 is 1.38 bits per heavy atom. The molecule has 4 heteroatoms. The van der Waals surface area contributed by atoms with Gasteiger partial charge in [0.15, 0.2) is 0 Å². The van der Waals surface area contributed by atoms with E-state index in [1.807, 2.05) is 12.2 Å². The molecule has 0 N–H and O–H groups in total. The second kappa shape index (κ2) is 21.2. The summed E-state index contributed by atoms with van der Waals surface area (Å²) < 4.78 is 10.7. The maximum absolute atomic E-state index is 12.5. The van der Waals surface area contributed by atoms with Crippen LogP contribution in [0.2, 0.25) is 0 Å². The predicted octanol–water partition coefficient (Wildman–Crippen LogP) is 8.61. The molecule has 0 aliphatic heterocycles. The Bertz CT molecular complexity index is 659. The summed E-state index contributed by atoms with van der Waals surface area (Å²) in [6.45, 7) is 4.86. The molecule has 1 rings (SSSR count). The topological polar surface area (TPSA) is 52.6 Å².